The number of benzene rings is 2. The first-order chi connectivity index (χ1) is 13.5. The van der Waals surface area contributed by atoms with Crippen LogP contribution >= 0.6 is 35.8 Å². The van der Waals surface area contributed by atoms with E-state index in [0.717, 1.165) is 46.6 Å². The number of aliphatic imine (C=N–C) groups is 1. The minimum absolute atomic E-state index is 0. The van der Waals surface area contributed by atoms with Gasteiger partial charge in [-0.1, -0.05) is 56.3 Å². The van der Waals surface area contributed by atoms with Crippen LogP contribution in [0.15, 0.2) is 47.5 Å². The fourth-order valence-corrected chi connectivity index (χ4v) is 4.75. The summed E-state index contributed by atoms with van der Waals surface area (Å²) in [7, 11) is 0. The Hall–Kier alpha value is -1.67. The lowest BCUT2D eigenvalue weighted by atomic mass is 10.1. The van der Waals surface area contributed by atoms with Gasteiger partial charge < -0.3 is 4.90 Å². The molecule has 6 heteroatoms. The van der Waals surface area contributed by atoms with Crippen LogP contribution in [0.4, 0.5) is 5.69 Å². The molecule has 154 valence electrons. The Morgan fingerprint density at radius 3 is 2.59 bits per heavy atom. The topological polar surface area (TPSA) is 39.4 Å². The summed E-state index contributed by atoms with van der Waals surface area (Å²) in [6.45, 7) is 7.59. The molecule has 0 aliphatic carbocycles. The zero-order chi connectivity index (χ0) is 20.1. The van der Waals surface area contributed by atoms with Crippen molar-refractivity contribution in [1.82, 2.24) is 4.90 Å². The highest BCUT2D eigenvalue weighted by atomic mass is 35.5. The third-order valence-corrected chi connectivity index (χ3v) is 6.23. The van der Waals surface area contributed by atoms with Crippen molar-refractivity contribution in [3.8, 4) is 6.07 Å². The lowest BCUT2D eigenvalue weighted by Gasteiger charge is -2.28. The molecular weight excluding hydrogens is 421 g/mol. The molecule has 0 unspecified atom stereocenters. The standard InChI is InChI=1S/C23H26ClN3S.ClH/c1-4-19-11-18(13-25)7-10-22(19)26-23-27(14-16(2)3)21(15-28-23)12-17-5-8-20(24)9-6-17;/h5-11,16,21H,4,12,14-15H2,1-3H3;1H/t21-;/m0./s1. The number of rotatable bonds is 6. The smallest absolute Gasteiger partial charge is 0.164 e. The van der Waals surface area contributed by atoms with Gasteiger partial charge in [0, 0.05) is 23.4 Å². The van der Waals surface area contributed by atoms with E-state index < -0.39 is 0 Å². The second kappa shape index (κ2) is 10.9. The van der Waals surface area contributed by atoms with Crippen LogP contribution in [-0.4, -0.2) is 28.4 Å². The molecule has 1 aliphatic heterocycles. The maximum Gasteiger partial charge on any atom is 0.164 e. The van der Waals surface area contributed by atoms with Crippen LogP contribution < -0.4 is 0 Å². The SMILES string of the molecule is CCc1cc(C#N)ccc1N=C1SC[C@H](Cc2ccc(Cl)cc2)N1CC(C)C.Cl. The third kappa shape index (κ3) is 6.15. The first-order valence-electron chi connectivity index (χ1n) is 9.75. The van der Waals surface area contributed by atoms with Crippen molar-refractivity contribution < 1.29 is 0 Å². The molecule has 0 radical (unpaired) electrons. The first kappa shape index (κ1) is 23.6. The highest BCUT2D eigenvalue weighted by molar-refractivity contribution is 8.14. The molecule has 0 saturated carbocycles. The van der Waals surface area contributed by atoms with Crippen molar-refractivity contribution in [2.45, 2.75) is 39.7 Å². The number of hydrogen-bond donors (Lipinski definition) is 0. The lowest BCUT2D eigenvalue weighted by molar-refractivity contribution is 0.311. The predicted octanol–water partition coefficient (Wildman–Crippen LogP) is 6.50. The maximum atomic E-state index is 9.16. The van der Waals surface area contributed by atoms with E-state index in [0.29, 0.717) is 17.5 Å². The summed E-state index contributed by atoms with van der Waals surface area (Å²) in [5.41, 5.74) is 4.10. The number of hydrogen-bond acceptors (Lipinski definition) is 3. The normalized spacial score (nSPS) is 17.4. The maximum absolute atomic E-state index is 9.16. The number of nitrogens with zero attached hydrogens (tertiary/aromatic N) is 3. The minimum atomic E-state index is 0. The quantitative estimate of drug-likeness (QED) is 0.506. The molecule has 1 fully saturated rings. The molecule has 0 bridgehead atoms. The van der Waals surface area contributed by atoms with Crippen molar-refractivity contribution in [1.29, 1.82) is 5.26 Å². The van der Waals surface area contributed by atoms with Crippen molar-refractivity contribution in [3.63, 3.8) is 0 Å². The summed E-state index contributed by atoms with van der Waals surface area (Å²) in [5.74, 6) is 1.59. The molecule has 2 aromatic carbocycles. The highest BCUT2D eigenvalue weighted by Crippen LogP contribution is 2.31. The van der Waals surface area contributed by atoms with Gasteiger partial charge in [0.25, 0.3) is 0 Å². The highest BCUT2D eigenvalue weighted by Gasteiger charge is 2.30. The summed E-state index contributed by atoms with van der Waals surface area (Å²) in [6, 6.07) is 16.6. The van der Waals surface area contributed by atoms with Crippen LogP contribution in [0.5, 0.6) is 0 Å². The monoisotopic (exact) mass is 447 g/mol. The Kier molecular flexibility index (Phi) is 8.89. The largest absolute Gasteiger partial charge is 0.347 e. The Morgan fingerprint density at radius 1 is 1.24 bits per heavy atom. The minimum Gasteiger partial charge on any atom is -0.347 e. The fraction of sp³-hybridized carbons (Fsp3) is 0.391. The fourth-order valence-electron chi connectivity index (χ4n) is 3.43. The number of thioether (sulfide) groups is 1. The van der Waals surface area contributed by atoms with Gasteiger partial charge in [0.1, 0.15) is 0 Å². The molecule has 0 amide bonds. The van der Waals surface area contributed by atoms with Crippen LogP contribution in [0.1, 0.15) is 37.5 Å². The van der Waals surface area contributed by atoms with E-state index >= 15 is 0 Å². The van der Waals surface area contributed by atoms with Crippen LogP contribution in [0.25, 0.3) is 0 Å². The van der Waals surface area contributed by atoms with E-state index in [-0.39, 0.29) is 12.4 Å². The Bertz CT molecular complexity index is 888. The van der Waals surface area contributed by atoms with Gasteiger partial charge >= 0.3 is 0 Å². The van der Waals surface area contributed by atoms with Crippen LogP contribution in [-0.2, 0) is 12.8 Å². The Morgan fingerprint density at radius 2 is 1.97 bits per heavy atom. The zero-order valence-corrected chi connectivity index (χ0v) is 19.4. The molecule has 0 spiro atoms. The zero-order valence-electron chi connectivity index (χ0n) is 17.1. The molecule has 29 heavy (non-hydrogen) atoms. The van der Waals surface area contributed by atoms with Crippen molar-refractivity contribution in [3.05, 3.63) is 64.2 Å². The number of amidine groups is 1. The van der Waals surface area contributed by atoms with Crippen LogP contribution in [0.3, 0.4) is 0 Å². The summed E-state index contributed by atoms with van der Waals surface area (Å²) in [5, 5.41) is 11.0. The second-order valence-corrected chi connectivity index (χ2v) is 8.97. The van der Waals surface area contributed by atoms with E-state index in [2.05, 4.69) is 43.9 Å². The molecule has 1 aliphatic rings. The summed E-state index contributed by atoms with van der Waals surface area (Å²) in [6.07, 6.45) is 1.86. The number of nitriles is 1. The second-order valence-electron chi connectivity index (χ2n) is 7.54. The van der Waals surface area contributed by atoms with Gasteiger partial charge in [-0.15, -0.1) is 12.4 Å². The molecular formula is C23H27Cl2N3S. The van der Waals surface area contributed by atoms with Gasteiger partial charge in [-0.2, -0.15) is 5.26 Å². The Balaban J connectivity index is 0.00000300. The van der Waals surface area contributed by atoms with E-state index in [9.17, 15) is 0 Å². The summed E-state index contributed by atoms with van der Waals surface area (Å²) < 4.78 is 0. The first-order valence-corrected chi connectivity index (χ1v) is 11.1. The van der Waals surface area contributed by atoms with Crippen LogP contribution in [0, 0.1) is 17.2 Å². The molecule has 1 atom stereocenters. The van der Waals surface area contributed by atoms with Crippen LogP contribution in [0.2, 0.25) is 5.02 Å². The Labute approximate surface area is 189 Å². The van der Waals surface area contributed by atoms with E-state index in [1.54, 1.807) is 0 Å². The van der Waals surface area contributed by atoms with Gasteiger partial charge in [-0.25, -0.2) is 4.99 Å². The molecule has 0 N–H and O–H groups in total. The molecule has 1 saturated heterocycles. The van der Waals surface area contributed by atoms with Gasteiger partial charge in [0.05, 0.1) is 17.3 Å². The molecule has 2 aromatic rings. The average Bonchev–Trinajstić information content (AvgIpc) is 3.04. The van der Waals surface area contributed by atoms with Gasteiger partial charge in [0.2, 0.25) is 0 Å². The third-order valence-electron chi connectivity index (χ3n) is 4.84. The van der Waals surface area contributed by atoms with E-state index in [1.165, 1.54) is 5.56 Å². The summed E-state index contributed by atoms with van der Waals surface area (Å²) in [4.78, 5) is 7.48. The lowest BCUT2D eigenvalue weighted by Crippen LogP contribution is -2.38. The predicted molar refractivity (Wildman–Crippen MR) is 128 cm³/mol. The van der Waals surface area contributed by atoms with E-state index in [4.69, 9.17) is 21.9 Å². The molecule has 1 heterocycles. The summed E-state index contributed by atoms with van der Waals surface area (Å²) >= 11 is 7.87. The average molecular weight is 448 g/mol. The van der Waals surface area contributed by atoms with Gasteiger partial charge in [-0.3, -0.25) is 0 Å². The molecule has 0 aromatic heterocycles. The van der Waals surface area contributed by atoms with Gasteiger partial charge in [-0.05, 0) is 60.2 Å². The van der Waals surface area contributed by atoms with Crippen molar-refractivity contribution >= 4 is 46.6 Å². The molecule has 3 nitrogen and oxygen atoms in total. The number of halogens is 2. The van der Waals surface area contributed by atoms with E-state index in [1.807, 2.05) is 42.1 Å². The molecule has 3 rings (SSSR count). The number of aryl methyl sites for hydroxylation is 1. The van der Waals surface area contributed by atoms with Gasteiger partial charge in [0.15, 0.2) is 5.17 Å². The van der Waals surface area contributed by atoms with Crippen molar-refractivity contribution in [2.24, 2.45) is 10.9 Å². The van der Waals surface area contributed by atoms with Crippen molar-refractivity contribution in [2.75, 3.05) is 12.3 Å².